The normalized spacial score (nSPS) is 29.3. The third-order valence-corrected chi connectivity index (χ3v) is 5.19. The minimum atomic E-state index is -3.16. The topological polar surface area (TPSA) is 101 Å². The number of carboxylic acid groups (broad SMARTS) is 1. The molecule has 8 heteroatoms. The molecule has 2 heterocycles. The van der Waals surface area contributed by atoms with Gasteiger partial charge in [0.05, 0.1) is 11.5 Å². The van der Waals surface area contributed by atoms with Crippen molar-refractivity contribution in [3.8, 4) is 0 Å². The molecule has 2 fully saturated rings. The van der Waals surface area contributed by atoms with Crippen molar-refractivity contribution in [2.75, 3.05) is 24.7 Å². The molecule has 1 amide bonds. The first-order chi connectivity index (χ1) is 8.89. The zero-order valence-corrected chi connectivity index (χ0v) is 11.3. The van der Waals surface area contributed by atoms with Gasteiger partial charge in [-0.05, 0) is 19.3 Å². The van der Waals surface area contributed by atoms with Crippen LogP contribution in [0.4, 0.5) is 0 Å². The van der Waals surface area contributed by atoms with E-state index in [-0.39, 0.29) is 11.5 Å². The Hall–Kier alpha value is -1.15. The van der Waals surface area contributed by atoms with Crippen LogP contribution in [0.2, 0.25) is 0 Å². The maximum atomic E-state index is 12.2. The van der Waals surface area contributed by atoms with Crippen LogP contribution in [0, 0.1) is 0 Å². The molecular formula is C11H17NO6S. The summed E-state index contributed by atoms with van der Waals surface area (Å²) in [7, 11) is -3.16. The molecule has 0 aromatic heterocycles. The molecule has 0 aromatic carbocycles. The van der Waals surface area contributed by atoms with Crippen LogP contribution < -0.4 is 0 Å². The second-order valence-electron chi connectivity index (χ2n) is 4.92. The first kappa shape index (κ1) is 14.3. The van der Waals surface area contributed by atoms with Gasteiger partial charge in [0.15, 0.2) is 9.84 Å². The Kier molecular flexibility index (Phi) is 4.10. The zero-order chi connectivity index (χ0) is 14.0. The lowest BCUT2D eigenvalue weighted by Gasteiger charge is -2.28. The summed E-state index contributed by atoms with van der Waals surface area (Å²) >= 11 is 0. The molecule has 2 aliphatic heterocycles. The van der Waals surface area contributed by atoms with E-state index in [2.05, 4.69) is 0 Å². The van der Waals surface area contributed by atoms with Crippen LogP contribution in [-0.2, 0) is 24.2 Å². The number of hydrogen-bond donors (Lipinski definition) is 1. The number of hydrogen-bond acceptors (Lipinski definition) is 5. The van der Waals surface area contributed by atoms with Gasteiger partial charge in [-0.1, -0.05) is 0 Å². The molecule has 0 spiro atoms. The highest BCUT2D eigenvalue weighted by Crippen LogP contribution is 2.22. The Morgan fingerprint density at radius 3 is 2.53 bits per heavy atom. The second-order valence-corrected chi connectivity index (χ2v) is 7.15. The molecule has 0 bridgehead atoms. The van der Waals surface area contributed by atoms with E-state index in [1.165, 1.54) is 0 Å². The van der Waals surface area contributed by atoms with Crippen molar-refractivity contribution < 1.29 is 27.9 Å². The molecule has 0 radical (unpaired) electrons. The van der Waals surface area contributed by atoms with Gasteiger partial charge in [0.2, 0.25) is 0 Å². The maximum absolute atomic E-state index is 12.2. The molecule has 2 rings (SSSR count). The Bertz CT molecular complexity index is 468. The molecule has 108 valence electrons. The van der Waals surface area contributed by atoms with E-state index in [1.54, 1.807) is 0 Å². The number of amides is 1. The Labute approximate surface area is 111 Å². The molecule has 0 saturated carbocycles. The van der Waals surface area contributed by atoms with E-state index in [9.17, 15) is 18.0 Å². The quantitative estimate of drug-likeness (QED) is 0.732. The monoisotopic (exact) mass is 291 g/mol. The summed E-state index contributed by atoms with van der Waals surface area (Å²) in [5, 5.41) is 8.88. The number of sulfone groups is 1. The fourth-order valence-electron chi connectivity index (χ4n) is 2.51. The van der Waals surface area contributed by atoms with Crippen molar-refractivity contribution in [2.45, 2.75) is 31.4 Å². The van der Waals surface area contributed by atoms with Gasteiger partial charge in [-0.3, -0.25) is 9.59 Å². The molecule has 7 nitrogen and oxygen atoms in total. The van der Waals surface area contributed by atoms with Crippen LogP contribution in [0.15, 0.2) is 0 Å². The number of nitrogens with zero attached hydrogens (tertiary/aromatic N) is 1. The first-order valence-electron chi connectivity index (χ1n) is 6.23. The van der Waals surface area contributed by atoms with E-state index >= 15 is 0 Å². The Morgan fingerprint density at radius 1 is 1.32 bits per heavy atom. The highest BCUT2D eigenvalue weighted by atomic mass is 32.2. The molecule has 2 atom stereocenters. The van der Waals surface area contributed by atoms with Gasteiger partial charge in [-0.15, -0.1) is 0 Å². The van der Waals surface area contributed by atoms with Gasteiger partial charge >= 0.3 is 5.97 Å². The van der Waals surface area contributed by atoms with Gasteiger partial charge < -0.3 is 14.7 Å². The van der Waals surface area contributed by atoms with Crippen LogP contribution >= 0.6 is 0 Å². The average Bonchev–Trinajstić information content (AvgIpc) is 2.94. The molecule has 0 aliphatic carbocycles. The fourth-order valence-corrected chi connectivity index (χ4v) is 4.24. The van der Waals surface area contributed by atoms with Crippen LogP contribution in [0.5, 0.6) is 0 Å². The van der Waals surface area contributed by atoms with Crippen molar-refractivity contribution in [1.82, 2.24) is 4.90 Å². The van der Waals surface area contributed by atoms with Crippen molar-refractivity contribution in [1.29, 1.82) is 0 Å². The maximum Gasteiger partial charge on any atom is 0.323 e. The largest absolute Gasteiger partial charge is 0.480 e. The van der Waals surface area contributed by atoms with Gasteiger partial charge in [-0.25, -0.2) is 8.42 Å². The predicted octanol–water partition coefficient (Wildman–Crippen LogP) is -0.734. The van der Waals surface area contributed by atoms with E-state index in [4.69, 9.17) is 9.84 Å². The van der Waals surface area contributed by atoms with E-state index in [0.717, 1.165) is 11.3 Å². The van der Waals surface area contributed by atoms with Gasteiger partial charge in [-0.2, -0.15) is 0 Å². The Balaban J connectivity index is 2.11. The van der Waals surface area contributed by atoms with Crippen LogP contribution in [-0.4, -0.2) is 67.1 Å². The number of aliphatic carboxylic acids is 1. The smallest absolute Gasteiger partial charge is 0.323 e. The summed E-state index contributed by atoms with van der Waals surface area (Å²) in [6.45, 7) is 0.0131. The average molecular weight is 291 g/mol. The lowest BCUT2D eigenvalue weighted by molar-refractivity contribution is -0.150. The molecule has 1 N–H and O–H groups in total. The second kappa shape index (κ2) is 5.46. The molecular weight excluding hydrogens is 274 g/mol. The summed E-state index contributed by atoms with van der Waals surface area (Å²) < 4.78 is 28.2. The van der Waals surface area contributed by atoms with Crippen molar-refractivity contribution >= 4 is 21.7 Å². The Morgan fingerprint density at radius 2 is 2.05 bits per heavy atom. The van der Waals surface area contributed by atoms with Gasteiger partial charge in [0, 0.05) is 12.6 Å². The number of rotatable bonds is 4. The van der Waals surface area contributed by atoms with Gasteiger partial charge in [0.25, 0.3) is 5.91 Å². The molecule has 2 saturated heterocycles. The standard InChI is InChI=1S/C11H17NO6S/c13-10(14)6-12(8-3-5-19(16,17)7-8)11(15)9-2-1-4-18-9/h8-9H,1-7H2,(H,13,14). The zero-order valence-electron chi connectivity index (χ0n) is 10.4. The number of ether oxygens (including phenoxy) is 1. The number of carbonyl (C=O) groups excluding carboxylic acids is 1. The van der Waals surface area contributed by atoms with Crippen molar-refractivity contribution in [3.05, 3.63) is 0 Å². The van der Waals surface area contributed by atoms with E-state index in [0.29, 0.717) is 19.4 Å². The third-order valence-electron chi connectivity index (χ3n) is 3.44. The third kappa shape index (κ3) is 3.44. The molecule has 2 aliphatic rings. The first-order valence-corrected chi connectivity index (χ1v) is 8.05. The lowest BCUT2D eigenvalue weighted by Crippen LogP contribution is -2.48. The van der Waals surface area contributed by atoms with Crippen molar-refractivity contribution in [2.24, 2.45) is 0 Å². The molecule has 2 unspecified atom stereocenters. The lowest BCUT2D eigenvalue weighted by atomic mass is 10.1. The SMILES string of the molecule is O=C(O)CN(C(=O)C1CCCO1)C1CCS(=O)(=O)C1. The summed E-state index contributed by atoms with van der Waals surface area (Å²) in [6.07, 6.45) is 1.01. The van der Waals surface area contributed by atoms with E-state index in [1.807, 2.05) is 0 Å². The highest BCUT2D eigenvalue weighted by Gasteiger charge is 2.38. The van der Waals surface area contributed by atoms with E-state index < -0.39 is 40.4 Å². The van der Waals surface area contributed by atoms with Crippen LogP contribution in [0.25, 0.3) is 0 Å². The van der Waals surface area contributed by atoms with Crippen LogP contribution in [0.1, 0.15) is 19.3 Å². The van der Waals surface area contributed by atoms with Gasteiger partial charge in [0.1, 0.15) is 12.6 Å². The minimum absolute atomic E-state index is 0.00654. The summed E-state index contributed by atoms with van der Waals surface area (Å²) in [4.78, 5) is 24.2. The van der Waals surface area contributed by atoms with Crippen LogP contribution in [0.3, 0.4) is 0 Å². The highest BCUT2D eigenvalue weighted by molar-refractivity contribution is 7.91. The number of carbonyl (C=O) groups is 2. The molecule has 19 heavy (non-hydrogen) atoms. The molecule has 0 aromatic rings. The summed E-state index contributed by atoms with van der Waals surface area (Å²) in [6, 6.07) is -0.544. The fraction of sp³-hybridized carbons (Fsp3) is 0.818. The minimum Gasteiger partial charge on any atom is -0.480 e. The number of carboxylic acids is 1. The predicted molar refractivity (Wildman–Crippen MR) is 65.4 cm³/mol. The summed E-state index contributed by atoms with van der Waals surface area (Å²) in [5.74, 6) is -1.69. The summed E-state index contributed by atoms with van der Waals surface area (Å²) in [5.41, 5.74) is 0. The van der Waals surface area contributed by atoms with Crippen molar-refractivity contribution in [3.63, 3.8) is 0 Å².